The highest BCUT2D eigenvalue weighted by atomic mass is 16.5. The Balaban J connectivity index is 1.47. The Morgan fingerprint density at radius 2 is 2.04 bits per heavy atom. The van der Waals surface area contributed by atoms with Gasteiger partial charge in [0.25, 0.3) is 5.91 Å². The molecule has 1 saturated carbocycles. The van der Waals surface area contributed by atoms with Crippen molar-refractivity contribution in [1.82, 2.24) is 20.4 Å². The van der Waals surface area contributed by atoms with Gasteiger partial charge in [-0.25, -0.2) is 4.98 Å². The molecule has 7 nitrogen and oxygen atoms in total. The van der Waals surface area contributed by atoms with Crippen molar-refractivity contribution in [2.75, 3.05) is 18.0 Å². The number of nitrogens with one attached hydrogen (secondary N) is 1. The fourth-order valence-corrected chi connectivity index (χ4v) is 4.21. The van der Waals surface area contributed by atoms with E-state index in [4.69, 9.17) is 4.52 Å². The van der Waals surface area contributed by atoms with Gasteiger partial charge in [0.15, 0.2) is 5.82 Å². The van der Waals surface area contributed by atoms with Crippen molar-refractivity contribution >= 4 is 11.7 Å². The van der Waals surface area contributed by atoms with Gasteiger partial charge in [-0.2, -0.15) is 4.98 Å². The van der Waals surface area contributed by atoms with Gasteiger partial charge in [0, 0.05) is 25.7 Å². The van der Waals surface area contributed by atoms with E-state index in [-0.39, 0.29) is 5.91 Å². The first-order chi connectivity index (χ1) is 13.6. The van der Waals surface area contributed by atoms with Crippen LogP contribution in [0.15, 0.2) is 22.9 Å². The highest BCUT2D eigenvalue weighted by Gasteiger charge is 2.41. The summed E-state index contributed by atoms with van der Waals surface area (Å²) in [5.41, 5.74) is 0.0370. The molecule has 7 heteroatoms. The predicted molar refractivity (Wildman–Crippen MR) is 106 cm³/mol. The van der Waals surface area contributed by atoms with Gasteiger partial charge in [-0.05, 0) is 43.7 Å². The summed E-state index contributed by atoms with van der Waals surface area (Å²) in [6.45, 7) is 6.33. The average molecular weight is 383 g/mol. The van der Waals surface area contributed by atoms with E-state index in [0.717, 1.165) is 50.5 Å². The summed E-state index contributed by atoms with van der Waals surface area (Å²) in [6, 6.07) is 3.82. The minimum atomic E-state index is -0.532. The summed E-state index contributed by atoms with van der Waals surface area (Å²) in [5, 5.41) is 7.34. The third kappa shape index (κ3) is 3.75. The number of aromatic nitrogens is 3. The van der Waals surface area contributed by atoms with Gasteiger partial charge >= 0.3 is 0 Å². The van der Waals surface area contributed by atoms with Crippen LogP contribution in [0.2, 0.25) is 0 Å². The number of aryl methyl sites for hydroxylation is 1. The lowest BCUT2D eigenvalue weighted by atomic mass is 9.96. The average Bonchev–Trinajstić information content (AvgIpc) is 3.39. The van der Waals surface area contributed by atoms with Gasteiger partial charge < -0.3 is 14.7 Å². The molecule has 1 aliphatic carbocycles. The molecule has 1 N–H and O–H groups in total. The maximum absolute atomic E-state index is 12.9. The fraction of sp³-hybridized carbons (Fsp3) is 0.619. The zero-order valence-electron chi connectivity index (χ0n) is 16.8. The van der Waals surface area contributed by atoms with E-state index in [2.05, 4.69) is 32.3 Å². The summed E-state index contributed by atoms with van der Waals surface area (Å²) in [6.07, 6.45) is 8.50. The summed E-state index contributed by atoms with van der Waals surface area (Å²) in [4.78, 5) is 24.3. The van der Waals surface area contributed by atoms with Crippen molar-refractivity contribution in [3.05, 3.63) is 35.6 Å². The molecule has 2 aromatic rings. The number of carbonyl (C=O) groups excluding carboxylic acids is 1. The third-order valence-electron chi connectivity index (χ3n) is 6.13. The van der Waals surface area contributed by atoms with Crippen molar-refractivity contribution in [2.45, 2.75) is 64.3 Å². The largest absolute Gasteiger partial charge is 0.357 e. The van der Waals surface area contributed by atoms with E-state index in [1.54, 1.807) is 6.20 Å². The molecule has 1 saturated heterocycles. The van der Waals surface area contributed by atoms with Crippen molar-refractivity contribution in [1.29, 1.82) is 0 Å². The van der Waals surface area contributed by atoms with E-state index >= 15 is 0 Å². The van der Waals surface area contributed by atoms with Crippen LogP contribution in [0.1, 0.15) is 74.4 Å². The molecule has 28 heavy (non-hydrogen) atoms. The molecule has 2 aromatic heterocycles. The zero-order valence-corrected chi connectivity index (χ0v) is 16.8. The molecular formula is C21H29N5O2. The van der Waals surface area contributed by atoms with Crippen LogP contribution in [-0.2, 0) is 12.0 Å². The fourth-order valence-electron chi connectivity index (χ4n) is 4.21. The van der Waals surface area contributed by atoms with Crippen LogP contribution in [0.25, 0.3) is 0 Å². The van der Waals surface area contributed by atoms with Gasteiger partial charge in [0.1, 0.15) is 11.4 Å². The molecule has 3 heterocycles. The molecule has 2 fully saturated rings. The summed E-state index contributed by atoms with van der Waals surface area (Å²) in [7, 11) is 0. The van der Waals surface area contributed by atoms with Crippen LogP contribution in [0, 0.1) is 5.92 Å². The Hall–Kier alpha value is -2.44. The number of anilines is 1. The topological polar surface area (TPSA) is 84.2 Å². The smallest absolute Gasteiger partial charge is 0.253 e. The maximum Gasteiger partial charge on any atom is 0.253 e. The molecule has 1 aliphatic heterocycles. The Morgan fingerprint density at radius 1 is 1.29 bits per heavy atom. The molecule has 0 unspecified atom stereocenters. The second-order valence-corrected chi connectivity index (χ2v) is 8.18. The first-order valence-electron chi connectivity index (χ1n) is 10.5. The molecule has 4 rings (SSSR count). The van der Waals surface area contributed by atoms with Crippen molar-refractivity contribution < 1.29 is 9.32 Å². The van der Waals surface area contributed by atoms with Crippen LogP contribution in [0.4, 0.5) is 5.82 Å². The molecule has 0 bridgehead atoms. The summed E-state index contributed by atoms with van der Waals surface area (Å²) in [5.74, 6) is 2.81. The van der Waals surface area contributed by atoms with Crippen LogP contribution < -0.4 is 10.2 Å². The molecule has 0 radical (unpaired) electrons. The van der Waals surface area contributed by atoms with E-state index < -0.39 is 5.54 Å². The zero-order chi connectivity index (χ0) is 19.6. The first-order valence-corrected chi connectivity index (χ1v) is 10.5. The Labute approximate surface area is 165 Å². The molecule has 150 valence electrons. The number of piperidine rings is 1. The first kappa shape index (κ1) is 18.9. The maximum atomic E-state index is 12.9. The number of pyridine rings is 1. The number of carbonyl (C=O) groups is 1. The lowest BCUT2D eigenvalue weighted by Gasteiger charge is -2.31. The number of nitrogens with zero attached hydrogens (tertiary/aromatic N) is 4. The summed E-state index contributed by atoms with van der Waals surface area (Å²) < 4.78 is 5.30. The number of hydrogen-bond acceptors (Lipinski definition) is 6. The van der Waals surface area contributed by atoms with Gasteiger partial charge in [-0.15, -0.1) is 0 Å². The van der Waals surface area contributed by atoms with Gasteiger partial charge in [0.2, 0.25) is 5.89 Å². The lowest BCUT2D eigenvalue weighted by Crippen LogP contribution is -2.44. The van der Waals surface area contributed by atoms with Crippen molar-refractivity contribution in [3.63, 3.8) is 0 Å². The normalized spacial score (nSPS) is 19.7. The molecule has 0 atom stereocenters. The van der Waals surface area contributed by atoms with Crippen molar-refractivity contribution in [3.8, 4) is 0 Å². The standard InChI is InChI=1S/C21H29N5O2/c1-3-18-23-20(25-28-18)21(10-4-5-11-21)24-19(27)16-6-7-17(22-14-16)26-12-8-15(2)9-13-26/h6-7,14-15H,3-5,8-13H2,1-2H3,(H,24,27). The van der Waals surface area contributed by atoms with Gasteiger partial charge in [0.05, 0.1) is 5.56 Å². The van der Waals surface area contributed by atoms with Crippen LogP contribution >= 0.6 is 0 Å². The second kappa shape index (κ2) is 7.89. The quantitative estimate of drug-likeness (QED) is 0.851. The van der Waals surface area contributed by atoms with Crippen LogP contribution in [0.3, 0.4) is 0 Å². The predicted octanol–water partition coefficient (Wildman–Crippen LogP) is 3.46. The van der Waals surface area contributed by atoms with Gasteiger partial charge in [-0.3, -0.25) is 4.79 Å². The van der Waals surface area contributed by atoms with Crippen molar-refractivity contribution in [2.24, 2.45) is 5.92 Å². The Bertz CT molecular complexity index is 802. The Kier molecular flexibility index (Phi) is 5.33. The molecular weight excluding hydrogens is 354 g/mol. The minimum Gasteiger partial charge on any atom is -0.357 e. The second-order valence-electron chi connectivity index (χ2n) is 8.18. The minimum absolute atomic E-state index is 0.129. The van der Waals surface area contributed by atoms with E-state index in [1.165, 1.54) is 12.8 Å². The highest BCUT2D eigenvalue weighted by Crippen LogP contribution is 2.37. The Morgan fingerprint density at radius 3 is 2.64 bits per heavy atom. The van der Waals surface area contributed by atoms with Crippen LogP contribution in [-0.4, -0.2) is 34.1 Å². The molecule has 0 spiro atoms. The highest BCUT2D eigenvalue weighted by molar-refractivity contribution is 5.94. The van der Waals surface area contributed by atoms with Gasteiger partial charge in [-0.1, -0.05) is 31.8 Å². The monoisotopic (exact) mass is 383 g/mol. The molecule has 1 amide bonds. The number of rotatable bonds is 5. The third-order valence-corrected chi connectivity index (χ3v) is 6.13. The SMILES string of the molecule is CCc1nc(C2(NC(=O)c3ccc(N4CCC(C)CC4)nc3)CCCC2)no1. The van der Waals surface area contributed by atoms with E-state index in [9.17, 15) is 4.79 Å². The number of amides is 1. The molecule has 0 aromatic carbocycles. The molecule has 2 aliphatic rings. The van der Waals surface area contributed by atoms with E-state index in [1.807, 2.05) is 19.1 Å². The number of hydrogen-bond donors (Lipinski definition) is 1. The van der Waals surface area contributed by atoms with Crippen LogP contribution in [0.5, 0.6) is 0 Å². The summed E-state index contributed by atoms with van der Waals surface area (Å²) >= 11 is 0. The lowest BCUT2D eigenvalue weighted by molar-refractivity contribution is 0.0891. The van der Waals surface area contributed by atoms with E-state index in [0.29, 0.717) is 23.7 Å².